The Labute approximate surface area is 179 Å². The third-order valence-corrected chi connectivity index (χ3v) is 3.99. The quantitative estimate of drug-likeness (QED) is 0.347. The number of aliphatic hydroxyl groups is 1. The highest BCUT2D eigenvalue weighted by molar-refractivity contribution is 14.0. The van der Waals surface area contributed by atoms with Crippen LogP contribution in [0.3, 0.4) is 0 Å². The van der Waals surface area contributed by atoms with Crippen molar-refractivity contribution in [2.24, 2.45) is 4.99 Å². The maximum Gasteiger partial charge on any atom is 0.416 e. The van der Waals surface area contributed by atoms with Crippen LogP contribution in [-0.4, -0.2) is 36.1 Å². The van der Waals surface area contributed by atoms with Crippen molar-refractivity contribution in [2.75, 3.05) is 20.1 Å². The predicted octanol–water partition coefficient (Wildman–Crippen LogP) is 4.22. The van der Waals surface area contributed by atoms with E-state index < -0.39 is 17.3 Å². The topological polar surface area (TPSA) is 61.0 Å². The van der Waals surface area contributed by atoms with Crippen LogP contribution >= 0.6 is 24.0 Å². The van der Waals surface area contributed by atoms with E-state index in [9.17, 15) is 18.3 Å². The SMILES string of the molecule is CCNC(=NCC(C)(O)c1ccco1)N(C)Cc1ccc(C(F)(F)F)cc1.I. The number of halogens is 4. The summed E-state index contributed by atoms with van der Waals surface area (Å²) in [5.74, 6) is 0.941. The van der Waals surface area contributed by atoms with E-state index in [0.29, 0.717) is 30.4 Å². The van der Waals surface area contributed by atoms with Crippen LogP contribution in [0.25, 0.3) is 0 Å². The molecule has 1 atom stereocenters. The minimum atomic E-state index is -4.35. The molecule has 0 saturated carbocycles. The van der Waals surface area contributed by atoms with Crippen molar-refractivity contribution < 1.29 is 22.7 Å². The molecule has 0 fully saturated rings. The second-order valence-electron chi connectivity index (χ2n) is 6.47. The summed E-state index contributed by atoms with van der Waals surface area (Å²) in [5, 5.41) is 13.6. The molecule has 0 aliphatic heterocycles. The van der Waals surface area contributed by atoms with Crippen molar-refractivity contribution in [2.45, 2.75) is 32.2 Å². The summed E-state index contributed by atoms with van der Waals surface area (Å²) in [6.07, 6.45) is -2.87. The Balaban J connectivity index is 0.00000392. The molecule has 1 aromatic carbocycles. The van der Waals surface area contributed by atoms with Gasteiger partial charge < -0.3 is 19.7 Å². The van der Waals surface area contributed by atoms with Gasteiger partial charge in [0, 0.05) is 20.1 Å². The van der Waals surface area contributed by atoms with Gasteiger partial charge in [0.2, 0.25) is 0 Å². The smallest absolute Gasteiger partial charge is 0.416 e. The summed E-state index contributed by atoms with van der Waals surface area (Å²) in [4.78, 5) is 6.22. The van der Waals surface area contributed by atoms with E-state index in [-0.39, 0.29) is 30.5 Å². The molecular formula is C19H25F3IN3O2. The van der Waals surface area contributed by atoms with Crippen molar-refractivity contribution in [3.63, 3.8) is 0 Å². The number of rotatable bonds is 6. The zero-order chi connectivity index (χ0) is 20.1. The normalized spacial score (nSPS) is 14.2. The van der Waals surface area contributed by atoms with Crippen molar-refractivity contribution in [3.8, 4) is 0 Å². The molecule has 2 rings (SSSR count). The molecule has 1 unspecified atom stereocenters. The molecule has 156 valence electrons. The van der Waals surface area contributed by atoms with Crippen LogP contribution in [0.2, 0.25) is 0 Å². The van der Waals surface area contributed by atoms with Crippen LogP contribution in [0.1, 0.15) is 30.7 Å². The van der Waals surface area contributed by atoms with Gasteiger partial charge in [0.1, 0.15) is 11.4 Å². The standard InChI is InChI=1S/C19H24F3N3O2.HI/c1-4-23-17(24-13-18(2,26)16-6-5-11-27-16)25(3)12-14-7-9-15(10-8-14)19(20,21)22;/h5-11,26H,4,12-13H2,1-3H3,(H,23,24);1H. The second kappa shape index (κ2) is 10.1. The fourth-order valence-electron chi connectivity index (χ4n) is 2.51. The van der Waals surface area contributed by atoms with Crippen LogP contribution in [0.4, 0.5) is 13.2 Å². The summed E-state index contributed by atoms with van der Waals surface area (Å²) in [6, 6.07) is 8.39. The van der Waals surface area contributed by atoms with Crippen LogP contribution in [0, 0.1) is 0 Å². The van der Waals surface area contributed by atoms with Gasteiger partial charge in [-0.3, -0.25) is 0 Å². The highest BCUT2D eigenvalue weighted by atomic mass is 127. The third-order valence-electron chi connectivity index (χ3n) is 3.99. The summed E-state index contributed by atoms with van der Waals surface area (Å²) < 4.78 is 43.2. The molecule has 0 bridgehead atoms. The molecule has 1 aromatic heterocycles. The van der Waals surface area contributed by atoms with E-state index in [1.54, 1.807) is 31.0 Å². The summed E-state index contributed by atoms with van der Waals surface area (Å²) >= 11 is 0. The Hall–Kier alpha value is -1.75. The number of aliphatic imine (C=N–C) groups is 1. The summed E-state index contributed by atoms with van der Waals surface area (Å²) in [6.45, 7) is 4.56. The number of alkyl halides is 3. The second-order valence-corrected chi connectivity index (χ2v) is 6.47. The fraction of sp³-hybridized carbons (Fsp3) is 0.421. The van der Waals surface area contributed by atoms with Gasteiger partial charge in [-0.2, -0.15) is 13.2 Å². The first-order valence-electron chi connectivity index (χ1n) is 8.55. The van der Waals surface area contributed by atoms with Crippen molar-refractivity contribution in [1.82, 2.24) is 10.2 Å². The van der Waals surface area contributed by atoms with E-state index in [0.717, 1.165) is 12.1 Å². The molecule has 0 aliphatic carbocycles. The molecule has 2 aromatic rings. The maximum atomic E-state index is 12.7. The molecular weight excluding hydrogens is 486 g/mol. The zero-order valence-electron chi connectivity index (χ0n) is 16.0. The highest BCUT2D eigenvalue weighted by Crippen LogP contribution is 2.29. The number of hydrogen-bond donors (Lipinski definition) is 2. The van der Waals surface area contributed by atoms with E-state index in [1.807, 2.05) is 6.92 Å². The number of nitrogens with one attached hydrogen (secondary N) is 1. The molecule has 28 heavy (non-hydrogen) atoms. The molecule has 5 nitrogen and oxygen atoms in total. The van der Waals surface area contributed by atoms with Gasteiger partial charge in [-0.1, -0.05) is 12.1 Å². The first kappa shape index (κ1) is 24.3. The van der Waals surface area contributed by atoms with Gasteiger partial charge in [0.25, 0.3) is 0 Å². The van der Waals surface area contributed by atoms with Crippen LogP contribution in [0.5, 0.6) is 0 Å². The van der Waals surface area contributed by atoms with Crippen LogP contribution < -0.4 is 5.32 Å². The largest absolute Gasteiger partial charge is 0.466 e. The lowest BCUT2D eigenvalue weighted by Crippen LogP contribution is -2.39. The average molecular weight is 511 g/mol. The van der Waals surface area contributed by atoms with Crippen molar-refractivity contribution >= 4 is 29.9 Å². The first-order chi connectivity index (χ1) is 12.6. The molecule has 0 radical (unpaired) electrons. The number of furan rings is 1. The fourth-order valence-corrected chi connectivity index (χ4v) is 2.51. The maximum absolute atomic E-state index is 12.7. The molecule has 9 heteroatoms. The van der Waals surface area contributed by atoms with Gasteiger partial charge >= 0.3 is 6.18 Å². The molecule has 0 amide bonds. The van der Waals surface area contributed by atoms with E-state index in [2.05, 4.69) is 10.3 Å². The lowest BCUT2D eigenvalue weighted by atomic mass is 10.0. The lowest BCUT2D eigenvalue weighted by molar-refractivity contribution is -0.137. The highest BCUT2D eigenvalue weighted by Gasteiger charge is 2.30. The Morgan fingerprint density at radius 1 is 1.21 bits per heavy atom. The van der Waals surface area contributed by atoms with E-state index >= 15 is 0 Å². The van der Waals surface area contributed by atoms with Crippen molar-refractivity contribution in [3.05, 3.63) is 59.5 Å². The van der Waals surface area contributed by atoms with E-state index in [4.69, 9.17) is 4.42 Å². The van der Waals surface area contributed by atoms with Crippen molar-refractivity contribution in [1.29, 1.82) is 0 Å². The average Bonchev–Trinajstić information content (AvgIpc) is 3.13. The predicted molar refractivity (Wildman–Crippen MR) is 113 cm³/mol. The molecule has 0 aliphatic rings. The number of hydrogen-bond acceptors (Lipinski definition) is 3. The number of nitrogens with zero attached hydrogens (tertiary/aromatic N) is 2. The molecule has 2 N–H and O–H groups in total. The zero-order valence-corrected chi connectivity index (χ0v) is 18.3. The Morgan fingerprint density at radius 2 is 1.86 bits per heavy atom. The van der Waals surface area contributed by atoms with Gasteiger partial charge in [-0.15, -0.1) is 24.0 Å². The van der Waals surface area contributed by atoms with Crippen LogP contribution in [0.15, 0.2) is 52.1 Å². The monoisotopic (exact) mass is 511 g/mol. The first-order valence-corrected chi connectivity index (χ1v) is 8.55. The van der Waals surface area contributed by atoms with Gasteiger partial charge in [0.15, 0.2) is 5.96 Å². The van der Waals surface area contributed by atoms with E-state index in [1.165, 1.54) is 18.4 Å². The Kier molecular flexibility index (Phi) is 8.80. The molecule has 0 saturated heterocycles. The van der Waals surface area contributed by atoms with Gasteiger partial charge in [0.05, 0.1) is 18.4 Å². The minimum Gasteiger partial charge on any atom is -0.466 e. The van der Waals surface area contributed by atoms with Gasteiger partial charge in [-0.05, 0) is 43.7 Å². The Bertz CT molecular complexity index is 745. The lowest BCUT2D eigenvalue weighted by Gasteiger charge is -2.24. The third kappa shape index (κ3) is 6.69. The number of benzene rings is 1. The Morgan fingerprint density at radius 3 is 2.36 bits per heavy atom. The number of guanidine groups is 1. The minimum absolute atomic E-state index is 0. The van der Waals surface area contributed by atoms with Gasteiger partial charge in [-0.25, -0.2) is 4.99 Å². The summed E-state index contributed by atoms with van der Waals surface area (Å²) in [7, 11) is 1.78. The molecule has 1 heterocycles. The van der Waals surface area contributed by atoms with Crippen LogP contribution in [-0.2, 0) is 18.3 Å². The summed E-state index contributed by atoms with van der Waals surface area (Å²) in [5.41, 5.74) is -1.22. The molecule has 0 spiro atoms.